The average molecular weight is 269 g/mol. The Bertz CT molecular complexity index is 235. The molecule has 1 rings (SSSR count). The van der Waals surface area contributed by atoms with E-state index in [1.165, 1.54) is 7.11 Å². The van der Waals surface area contributed by atoms with Crippen molar-refractivity contribution in [3.8, 4) is 0 Å². The summed E-state index contributed by atoms with van der Waals surface area (Å²) in [5.74, 6) is 1.44. The van der Waals surface area contributed by atoms with E-state index in [1.807, 2.05) is 0 Å². The molecule has 7 heteroatoms. The number of carbonyl (C=O) groups is 2. The Kier molecular flexibility index (Phi) is 8.42. The Balaban J connectivity index is 0.00000225. The van der Waals surface area contributed by atoms with Crippen LogP contribution in [0.3, 0.4) is 0 Å². The van der Waals surface area contributed by atoms with E-state index in [-0.39, 0.29) is 30.3 Å². The van der Waals surface area contributed by atoms with Gasteiger partial charge in [-0.3, -0.25) is 14.9 Å². The summed E-state index contributed by atoms with van der Waals surface area (Å²) in [6, 6.07) is -0.0758. The molecule has 1 saturated heterocycles. The predicted octanol–water partition coefficient (Wildman–Crippen LogP) is 0.140. The summed E-state index contributed by atoms with van der Waals surface area (Å²) in [4.78, 5) is 22.2. The van der Waals surface area contributed by atoms with E-state index in [9.17, 15) is 9.59 Å². The largest absolute Gasteiger partial charge is 0.469 e. The average Bonchev–Trinajstić information content (AvgIpc) is 2.77. The molecular weight excluding hydrogens is 252 g/mol. The zero-order valence-corrected chi connectivity index (χ0v) is 10.8. The van der Waals surface area contributed by atoms with Gasteiger partial charge < -0.3 is 10.1 Å². The molecule has 16 heavy (non-hydrogen) atoms. The molecule has 0 radical (unpaired) electrons. The monoisotopic (exact) mass is 268 g/mol. The molecule has 1 fully saturated rings. The van der Waals surface area contributed by atoms with Crippen LogP contribution in [0.4, 0.5) is 0 Å². The van der Waals surface area contributed by atoms with Crippen molar-refractivity contribution in [3.63, 3.8) is 0 Å². The topological polar surface area (TPSA) is 67.4 Å². The van der Waals surface area contributed by atoms with E-state index in [2.05, 4.69) is 15.4 Å². The number of hydrogen-bond acceptors (Lipinski definition) is 5. The molecular formula is C9H17ClN2O3S. The first kappa shape index (κ1) is 15.5. The lowest BCUT2D eigenvalue weighted by Gasteiger charge is -2.09. The highest BCUT2D eigenvalue weighted by Crippen LogP contribution is 2.09. The zero-order valence-electron chi connectivity index (χ0n) is 9.15. The van der Waals surface area contributed by atoms with Crippen LogP contribution in [0.2, 0.25) is 0 Å². The van der Waals surface area contributed by atoms with Crippen LogP contribution in [-0.4, -0.2) is 43.2 Å². The molecule has 1 amide bonds. The molecule has 1 atom stereocenters. The number of esters is 1. The molecule has 0 aromatic carbocycles. The molecule has 0 saturated carbocycles. The van der Waals surface area contributed by atoms with Crippen LogP contribution in [-0.2, 0) is 14.3 Å². The van der Waals surface area contributed by atoms with E-state index < -0.39 is 0 Å². The van der Waals surface area contributed by atoms with Gasteiger partial charge in [0.05, 0.1) is 13.2 Å². The molecule has 0 aromatic heterocycles. The number of nitrogens with one attached hydrogen (secondary N) is 2. The minimum absolute atomic E-state index is 0. The summed E-state index contributed by atoms with van der Waals surface area (Å²) in [7, 11) is 1.36. The minimum atomic E-state index is -0.237. The number of ether oxygens (including phenoxy) is 1. The lowest BCUT2D eigenvalue weighted by molar-refractivity contribution is -0.140. The van der Waals surface area contributed by atoms with Crippen molar-refractivity contribution in [3.05, 3.63) is 0 Å². The maximum Gasteiger partial charge on any atom is 0.305 e. The fraction of sp³-hybridized carbons (Fsp3) is 0.778. The van der Waals surface area contributed by atoms with Crippen molar-refractivity contribution in [2.45, 2.75) is 18.9 Å². The molecule has 0 aliphatic carbocycles. The van der Waals surface area contributed by atoms with Crippen LogP contribution >= 0.6 is 24.2 Å². The maximum atomic E-state index is 11.5. The van der Waals surface area contributed by atoms with Gasteiger partial charge in [0.25, 0.3) is 0 Å². The van der Waals surface area contributed by atoms with Crippen molar-refractivity contribution >= 4 is 36.0 Å². The van der Waals surface area contributed by atoms with Crippen LogP contribution in [0.5, 0.6) is 0 Å². The van der Waals surface area contributed by atoms with Gasteiger partial charge in [-0.15, -0.1) is 24.2 Å². The van der Waals surface area contributed by atoms with Gasteiger partial charge in [0.15, 0.2) is 0 Å². The van der Waals surface area contributed by atoms with Gasteiger partial charge in [-0.05, 0) is 6.42 Å². The van der Waals surface area contributed by atoms with Crippen molar-refractivity contribution in [1.82, 2.24) is 10.6 Å². The normalized spacial score (nSPS) is 18.7. The highest BCUT2D eigenvalue weighted by Gasteiger charge is 2.21. The number of thioether (sulfide) groups is 1. The number of amides is 1. The van der Waals surface area contributed by atoms with Crippen LogP contribution in [0.1, 0.15) is 12.8 Å². The Morgan fingerprint density at radius 1 is 1.56 bits per heavy atom. The standard InChI is InChI=1S/C9H16N2O3S.ClH/c1-14-8(12)3-2-4-10-9(13)7-5-15-6-11-7;/h7,11H,2-6H2,1H3,(H,10,13);1H. The van der Waals surface area contributed by atoms with Crippen LogP contribution < -0.4 is 10.6 Å². The second-order valence-corrected chi connectivity index (χ2v) is 4.27. The Morgan fingerprint density at radius 2 is 2.31 bits per heavy atom. The second kappa shape index (κ2) is 8.66. The minimum Gasteiger partial charge on any atom is -0.469 e. The fourth-order valence-electron chi connectivity index (χ4n) is 1.23. The van der Waals surface area contributed by atoms with Crippen molar-refractivity contribution in [2.75, 3.05) is 25.3 Å². The zero-order chi connectivity index (χ0) is 11.1. The molecule has 5 nitrogen and oxygen atoms in total. The van der Waals surface area contributed by atoms with Gasteiger partial charge in [-0.2, -0.15) is 0 Å². The predicted molar refractivity (Wildman–Crippen MR) is 65.8 cm³/mol. The number of halogens is 1. The van der Waals surface area contributed by atoms with Crippen molar-refractivity contribution in [2.24, 2.45) is 0 Å². The lowest BCUT2D eigenvalue weighted by atomic mass is 10.3. The smallest absolute Gasteiger partial charge is 0.305 e. The number of hydrogen-bond donors (Lipinski definition) is 2. The summed E-state index contributed by atoms with van der Waals surface area (Å²) in [5.41, 5.74) is 0. The third-order valence-corrected chi connectivity index (χ3v) is 3.06. The van der Waals surface area contributed by atoms with E-state index in [1.54, 1.807) is 11.8 Å². The quantitative estimate of drug-likeness (QED) is 0.548. The van der Waals surface area contributed by atoms with Crippen LogP contribution in [0, 0.1) is 0 Å². The van der Waals surface area contributed by atoms with E-state index in [0.717, 1.165) is 11.6 Å². The van der Waals surface area contributed by atoms with E-state index in [0.29, 0.717) is 19.4 Å². The fourth-order valence-corrected chi connectivity index (χ4v) is 2.17. The molecule has 2 N–H and O–H groups in total. The number of methoxy groups -OCH3 is 1. The first-order valence-corrected chi connectivity index (χ1v) is 6.05. The highest BCUT2D eigenvalue weighted by atomic mass is 35.5. The molecule has 94 valence electrons. The summed E-state index contributed by atoms with van der Waals surface area (Å²) in [6.45, 7) is 0.525. The lowest BCUT2D eigenvalue weighted by Crippen LogP contribution is -2.42. The van der Waals surface area contributed by atoms with Crippen molar-refractivity contribution in [1.29, 1.82) is 0 Å². The van der Waals surface area contributed by atoms with Gasteiger partial charge in [-0.25, -0.2) is 0 Å². The summed E-state index contributed by atoms with van der Waals surface area (Å²) < 4.78 is 4.49. The molecule has 0 spiro atoms. The molecule has 0 aromatic rings. The third kappa shape index (κ3) is 5.58. The number of carbonyl (C=O) groups excluding carboxylic acids is 2. The first-order valence-electron chi connectivity index (χ1n) is 4.89. The second-order valence-electron chi connectivity index (χ2n) is 3.24. The molecule has 1 aliphatic heterocycles. The summed E-state index contributed by atoms with van der Waals surface area (Å²) in [6.07, 6.45) is 0.974. The molecule has 1 aliphatic rings. The van der Waals surface area contributed by atoms with Gasteiger partial charge in [0, 0.05) is 24.6 Å². The summed E-state index contributed by atoms with van der Waals surface area (Å²) >= 11 is 1.71. The first-order chi connectivity index (χ1) is 7.24. The van der Waals surface area contributed by atoms with Gasteiger partial charge in [-0.1, -0.05) is 0 Å². The third-order valence-electron chi connectivity index (χ3n) is 2.12. The van der Waals surface area contributed by atoms with Gasteiger partial charge >= 0.3 is 5.97 Å². The molecule has 1 heterocycles. The highest BCUT2D eigenvalue weighted by molar-refractivity contribution is 7.99. The van der Waals surface area contributed by atoms with Crippen LogP contribution in [0.25, 0.3) is 0 Å². The number of rotatable bonds is 5. The Morgan fingerprint density at radius 3 is 2.88 bits per heavy atom. The molecule has 1 unspecified atom stereocenters. The Hall–Kier alpha value is -0.460. The summed E-state index contributed by atoms with van der Waals surface area (Å²) in [5, 5.41) is 5.86. The van der Waals surface area contributed by atoms with Gasteiger partial charge in [0.1, 0.15) is 0 Å². The Labute approximate surface area is 105 Å². The van der Waals surface area contributed by atoms with Crippen molar-refractivity contribution < 1.29 is 14.3 Å². The SMILES string of the molecule is COC(=O)CCCNC(=O)C1CSCN1.Cl. The van der Waals surface area contributed by atoms with Gasteiger partial charge in [0.2, 0.25) is 5.91 Å². The van der Waals surface area contributed by atoms with Crippen LogP contribution in [0.15, 0.2) is 0 Å². The van der Waals surface area contributed by atoms with E-state index in [4.69, 9.17) is 0 Å². The van der Waals surface area contributed by atoms with E-state index >= 15 is 0 Å². The maximum absolute atomic E-state index is 11.5. The molecule has 0 bridgehead atoms.